The Labute approximate surface area is 126 Å². The lowest BCUT2D eigenvalue weighted by Crippen LogP contribution is -2.41. The van der Waals surface area contributed by atoms with Crippen molar-refractivity contribution in [1.82, 2.24) is 0 Å². The van der Waals surface area contributed by atoms with Crippen molar-refractivity contribution in [2.75, 3.05) is 0 Å². The molecule has 1 saturated carbocycles. The maximum absolute atomic E-state index is 12.2. The Morgan fingerprint density at radius 2 is 1.95 bits per heavy atom. The molecule has 0 aromatic rings. The van der Waals surface area contributed by atoms with Gasteiger partial charge in [-0.2, -0.15) is 0 Å². The van der Waals surface area contributed by atoms with Crippen LogP contribution in [-0.2, 0) is 23.1 Å². The first-order valence-corrected chi connectivity index (χ1v) is 9.16. The second-order valence-electron chi connectivity index (χ2n) is 6.61. The first-order valence-electron chi connectivity index (χ1n) is 7.66. The van der Waals surface area contributed by atoms with E-state index in [0.29, 0.717) is 12.8 Å². The fourth-order valence-electron chi connectivity index (χ4n) is 3.38. The summed E-state index contributed by atoms with van der Waals surface area (Å²) in [5.74, 6) is 0. The molecular formula is C14H27O6P. The van der Waals surface area contributed by atoms with Crippen LogP contribution in [0.2, 0.25) is 0 Å². The molecule has 0 spiro atoms. The van der Waals surface area contributed by atoms with Gasteiger partial charge < -0.3 is 14.4 Å². The van der Waals surface area contributed by atoms with Crippen LogP contribution in [0, 0.1) is 0 Å². The number of phosphoric acid groups is 1. The molecule has 3 unspecified atom stereocenters. The Balaban J connectivity index is 2.13. The summed E-state index contributed by atoms with van der Waals surface area (Å²) in [4.78, 5) is 9.96. The summed E-state index contributed by atoms with van der Waals surface area (Å²) in [5, 5.41) is 0. The summed E-state index contributed by atoms with van der Waals surface area (Å²) >= 11 is 0. The first kappa shape index (κ1) is 17.4. The number of ether oxygens (including phenoxy) is 2. The molecule has 7 heteroatoms. The number of fused-ring (bicyclic) bond motifs is 1. The monoisotopic (exact) mass is 322 g/mol. The first-order chi connectivity index (χ1) is 9.63. The summed E-state index contributed by atoms with van der Waals surface area (Å²) in [6.45, 7) is 9.29. The van der Waals surface area contributed by atoms with E-state index in [-0.39, 0.29) is 30.5 Å². The number of phosphoric ester groups is 1. The molecule has 0 aromatic heterocycles. The highest BCUT2D eigenvalue weighted by molar-refractivity contribution is 7.47. The molecule has 1 heterocycles. The van der Waals surface area contributed by atoms with Gasteiger partial charge in [0.05, 0.1) is 24.4 Å². The minimum absolute atomic E-state index is 0.0207. The highest BCUT2D eigenvalue weighted by atomic mass is 31.2. The van der Waals surface area contributed by atoms with E-state index in [1.54, 1.807) is 13.8 Å². The molecule has 0 amide bonds. The third-order valence-corrected chi connectivity index (χ3v) is 5.09. The Morgan fingerprint density at radius 3 is 2.52 bits per heavy atom. The third-order valence-electron chi connectivity index (χ3n) is 3.81. The van der Waals surface area contributed by atoms with Crippen molar-refractivity contribution in [2.45, 2.75) is 90.0 Å². The van der Waals surface area contributed by atoms with Gasteiger partial charge in [0.2, 0.25) is 0 Å². The van der Waals surface area contributed by atoms with Crippen molar-refractivity contribution >= 4 is 7.82 Å². The molecular weight excluding hydrogens is 295 g/mol. The third kappa shape index (κ3) is 4.06. The lowest BCUT2D eigenvalue weighted by atomic mass is 9.96. The molecule has 1 saturated heterocycles. The van der Waals surface area contributed by atoms with Gasteiger partial charge in [0.1, 0.15) is 11.7 Å². The number of hydrogen-bond donors (Lipinski definition) is 1. The van der Waals surface area contributed by atoms with Crippen molar-refractivity contribution in [3.05, 3.63) is 0 Å². The van der Waals surface area contributed by atoms with Crippen LogP contribution in [0.3, 0.4) is 0 Å². The van der Waals surface area contributed by atoms with Crippen molar-refractivity contribution in [1.29, 1.82) is 0 Å². The lowest BCUT2D eigenvalue weighted by Gasteiger charge is -2.31. The highest BCUT2D eigenvalue weighted by Crippen LogP contribution is 2.57. The van der Waals surface area contributed by atoms with Crippen LogP contribution in [0.1, 0.15) is 53.9 Å². The van der Waals surface area contributed by atoms with Crippen LogP contribution in [0.15, 0.2) is 0 Å². The molecule has 124 valence electrons. The van der Waals surface area contributed by atoms with Gasteiger partial charge in [0.25, 0.3) is 0 Å². The molecule has 1 aliphatic heterocycles. The number of hydrogen-bond acceptors (Lipinski definition) is 5. The van der Waals surface area contributed by atoms with Crippen LogP contribution < -0.4 is 0 Å². The zero-order valence-electron chi connectivity index (χ0n) is 13.4. The largest absolute Gasteiger partial charge is 0.473 e. The maximum Gasteiger partial charge on any atom is 0.473 e. The van der Waals surface area contributed by atoms with Gasteiger partial charge in [-0.1, -0.05) is 0 Å². The Morgan fingerprint density at radius 1 is 1.29 bits per heavy atom. The predicted octanol–water partition coefficient (Wildman–Crippen LogP) is 3.03. The van der Waals surface area contributed by atoms with E-state index in [1.165, 1.54) is 0 Å². The van der Waals surface area contributed by atoms with Crippen molar-refractivity contribution in [2.24, 2.45) is 0 Å². The quantitative estimate of drug-likeness (QED) is 0.758. The molecule has 0 aromatic carbocycles. The standard InChI is InChI=1S/C14H27O6P/c1-9(2)17-12-6-7-14(8-11(5)18-13(12)14)20-21(15,16)19-10(3)4/h9-13H,6-8H2,1-5H3,(H,15,16)/t11-,12+,13?,14?/m0/s1. The van der Waals surface area contributed by atoms with Crippen molar-refractivity contribution in [3.63, 3.8) is 0 Å². The van der Waals surface area contributed by atoms with Crippen molar-refractivity contribution in [3.8, 4) is 0 Å². The fourth-order valence-corrected chi connectivity index (χ4v) is 4.68. The van der Waals surface area contributed by atoms with Gasteiger partial charge in [-0.25, -0.2) is 4.57 Å². The van der Waals surface area contributed by atoms with Crippen molar-refractivity contribution < 1.29 is 28.0 Å². The van der Waals surface area contributed by atoms with E-state index in [2.05, 4.69) is 0 Å². The molecule has 1 aliphatic carbocycles. The molecule has 0 radical (unpaired) electrons. The van der Waals surface area contributed by atoms with E-state index in [1.807, 2.05) is 20.8 Å². The molecule has 5 atom stereocenters. The minimum Gasteiger partial charge on any atom is -0.373 e. The summed E-state index contributed by atoms with van der Waals surface area (Å²) in [7, 11) is -4.10. The molecule has 21 heavy (non-hydrogen) atoms. The zero-order chi connectivity index (χ0) is 15.8. The zero-order valence-corrected chi connectivity index (χ0v) is 14.3. The summed E-state index contributed by atoms with van der Waals surface area (Å²) in [6.07, 6.45) is 1.26. The molecule has 6 nitrogen and oxygen atoms in total. The van der Waals surface area contributed by atoms with Crippen LogP contribution >= 0.6 is 7.82 Å². The average Bonchev–Trinajstić information content (AvgIpc) is 2.71. The van der Waals surface area contributed by atoms with E-state index in [9.17, 15) is 9.46 Å². The average molecular weight is 322 g/mol. The van der Waals surface area contributed by atoms with Gasteiger partial charge in [0.15, 0.2) is 0 Å². The fraction of sp³-hybridized carbons (Fsp3) is 1.00. The normalized spacial score (nSPS) is 39.0. The van der Waals surface area contributed by atoms with Crippen LogP contribution in [0.25, 0.3) is 0 Å². The summed E-state index contributed by atoms with van der Waals surface area (Å²) < 4.78 is 34.6. The highest BCUT2D eigenvalue weighted by Gasteiger charge is 2.59. The molecule has 0 bridgehead atoms. The number of rotatable bonds is 6. The summed E-state index contributed by atoms with van der Waals surface area (Å²) in [6, 6.07) is 0. The SMILES string of the molecule is CC(C)O[C@@H]1CCC2(OP(=O)(O)OC(C)C)C[C@H](C)OC12. The van der Waals surface area contributed by atoms with Gasteiger partial charge in [-0.05, 0) is 47.5 Å². The maximum atomic E-state index is 12.2. The van der Waals surface area contributed by atoms with E-state index >= 15 is 0 Å². The molecule has 2 rings (SSSR count). The van der Waals surface area contributed by atoms with E-state index in [4.69, 9.17) is 18.5 Å². The lowest BCUT2D eigenvalue weighted by molar-refractivity contribution is -0.105. The Bertz CT molecular complexity index is 412. The Hall–Kier alpha value is 0.0300. The second-order valence-corrected chi connectivity index (χ2v) is 7.94. The van der Waals surface area contributed by atoms with Crippen LogP contribution in [0.5, 0.6) is 0 Å². The molecule has 2 fully saturated rings. The smallest absolute Gasteiger partial charge is 0.373 e. The van der Waals surface area contributed by atoms with Gasteiger partial charge in [-0.3, -0.25) is 9.05 Å². The Kier molecular flexibility index (Phi) is 5.19. The van der Waals surface area contributed by atoms with Gasteiger partial charge >= 0.3 is 7.82 Å². The molecule has 2 aliphatic rings. The topological polar surface area (TPSA) is 74.2 Å². The summed E-state index contributed by atoms with van der Waals surface area (Å²) in [5.41, 5.74) is -0.780. The second kappa shape index (κ2) is 6.26. The van der Waals surface area contributed by atoms with E-state index in [0.717, 1.165) is 6.42 Å². The van der Waals surface area contributed by atoms with Crippen LogP contribution in [-0.4, -0.2) is 41.0 Å². The van der Waals surface area contributed by atoms with Gasteiger partial charge in [0, 0.05) is 6.42 Å². The minimum atomic E-state index is -4.10. The van der Waals surface area contributed by atoms with Crippen LogP contribution in [0.4, 0.5) is 0 Å². The predicted molar refractivity (Wildman–Crippen MR) is 78.1 cm³/mol. The van der Waals surface area contributed by atoms with E-state index < -0.39 is 13.4 Å². The molecule has 1 N–H and O–H groups in total. The van der Waals surface area contributed by atoms with Gasteiger partial charge in [-0.15, -0.1) is 0 Å².